The first-order valence-corrected chi connectivity index (χ1v) is 9.85. The van der Waals surface area contributed by atoms with Crippen LogP contribution < -0.4 is 15.4 Å². The van der Waals surface area contributed by atoms with Gasteiger partial charge in [-0.25, -0.2) is 4.79 Å². The molecule has 0 fully saturated rings. The highest BCUT2D eigenvalue weighted by atomic mass is 19.4. The number of aromatic nitrogens is 1. The van der Waals surface area contributed by atoms with Gasteiger partial charge in [0.05, 0.1) is 17.3 Å². The number of pyridine rings is 1. The predicted molar refractivity (Wildman–Crippen MR) is 112 cm³/mol. The third kappa shape index (κ3) is 4.42. The van der Waals surface area contributed by atoms with Crippen LogP contribution in [0.4, 0.5) is 23.7 Å². The molecule has 5 nitrogen and oxygen atoms in total. The minimum atomic E-state index is -4.47. The maximum atomic E-state index is 13.1. The zero-order chi connectivity index (χ0) is 22.4. The maximum absolute atomic E-state index is 13.1. The number of anilines is 1. The van der Waals surface area contributed by atoms with E-state index in [1.807, 2.05) is 25.1 Å². The van der Waals surface area contributed by atoms with Crippen molar-refractivity contribution in [1.82, 2.24) is 10.3 Å². The van der Waals surface area contributed by atoms with Gasteiger partial charge in [-0.1, -0.05) is 18.2 Å². The second-order valence-corrected chi connectivity index (χ2v) is 8.32. The maximum Gasteiger partial charge on any atom is 0.416 e. The largest absolute Gasteiger partial charge is 0.487 e. The molecular formula is C23H22F3N3O2. The van der Waals surface area contributed by atoms with Crippen molar-refractivity contribution in [2.45, 2.75) is 45.0 Å². The highest BCUT2D eigenvalue weighted by molar-refractivity contribution is 6.01. The second kappa shape index (κ2) is 7.44. The Morgan fingerprint density at radius 3 is 2.71 bits per heavy atom. The number of fused-ring (bicyclic) bond motifs is 2. The normalized spacial score (nSPS) is 17.5. The lowest BCUT2D eigenvalue weighted by Gasteiger charge is -2.38. The molecule has 3 aromatic rings. The number of hydrogen-bond donors (Lipinski definition) is 2. The molecule has 1 aromatic heterocycles. The summed E-state index contributed by atoms with van der Waals surface area (Å²) in [5, 5.41) is 7.49. The molecule has 0 aliphatic carbocycles. The zero-order valence-corrected chi connectivity index (χ0v) is 17.3. The molecule has 0 bridgehead atoms. The molecule has 8 heteroatoms. The highest BCUT2D eigenvalue weighted by Gasteiger charge is 2.37. The van der Waals surface area contributed by atoms with Gasteiger partial charge in [0, 0.05) is 34.6 Å². The van der Waals surface area contributed by atoms with Crippen molar-refractivity contribution in [3.05, 3.63) is 65.5 Å². The average molecular weight is 429 g/mol. The van der Waals surface area contributed by atoms with Crippen molar-refractivity contribution in [2.24, 2.45) is 0 Å². The number of urea groups is 1. The zero-order valence-electron chi connectivity index (χ0n) is 17.3. The van der Waals surface area contributed by atoms with Crippen LogP contribution in [0.3, 0.4) is 0 Å². The van der Waals surface area contributed by atoms with Gasteiger partial charge < -0.3 is 15.4 Å². The Labute approximate surface area is 177 Å². The summed E-state index contributed by atoms with van der Waals surface area (Å²) in [5.74, 6) is 0.128. The number of carbonyl (C=O) groups is 1. The molecule has 2 amide bonds. The van der Waals surface area contributed by atoms with Crippen molar-refractivity contribution in [2.75, 3.05) is 5.32 Å². The minimum absolute atomic E-state index is 0.128. The standard InChI is InChI=1S/C23H22F3N3O2/c1-13-9-17-14(12-27-13)5-4-6-18(17)28-21(30)29-19-11-22(2,3)31-20-10-15(23(24,25)26)7-8-16(19)20/h4-10,12,19H,11H2,1-3H3,(H2,28,29,30)/t19-/m1/s1. The Hall–Kier alpha value is -3.29. The summed E-state index contributed by atoms with van der Waals surface area (Å²) in [4.78, 5) is 17.1. The van der Waals surface area contributed by atoms with E-state index in [0.29, 0.717) is 17.7 Å². The Balaban J connectivity index is 1.60. The number of benzene rings is 2. The number of aryl methyl sites for hydroxylation is 1. The SMILES string of the molecule is Cc1cc2c(NC(=O)N[C@@H]3CC(C)(C)Oc4cc(C(F)(F)F)ccc43)cccc2cn1. The molecule has 0 radical (unpaired) electrons. The number of hydrogen-bond acceptors (Lipinski definition) is 3. The summed E-state index contributed by atoms with van der Waals surface area (Å²) in [5.41, 5.74) is 0.437. The lowest BCUT2D eigenvalue weighted by molar-refractivity contribution is -0.137. The second-order valence-electron chi connectivity index (χ2n) is 8.32. The van der Waals surface area contributed by atoms with E-state index in [2.05, 4.69) is 15.6 Å². The fourth-order valence-electron chi connectivity index (χ4n) is 3.86. The smallest absolute Gasteiger partial charge is 0.416 e. The minimum Gasteiger partial charge on any atom is -0.487 e. The summed E-state index contributed by atoms with van der Waals surface area (Å²) in [6, 6.07) is 9.81. The molecule has 2 heterocycles. The van der Waals surface area contributed by atoms with Crippen LogP contribution in [-0.4, -0.2) is 16.6 Å². The van der Waals surface area contributed by atoms with E-state index >= 15 is 0 Å². The van der Waals surface area contributed by atoms with Gasteiger partial charge >= 0.3 is 12.2 Å². The molecule has 0 saturated carbocycles. The molecule has 0 saturated heterocycles. The van der Waals surface area contributed by atoms with E-state index in [9.17, 15) is 18.0 Å². The molecule has 4 rings (SSSR count). The van der Waals surface area contributed by atoms with Crippen molar-refractivity contribution in [3.63, 3.8) is 0 Å². The lowest BCUT2D eigenvalue weighted by atomic mass is 9.89. The third-order valence-corrected chi connectivity index (χ3v) is 5.25. The Bertz CT molecular complexity index is 1160. The van der Waals surface area contributed by atoms with Crippen molar-refractivity contribution >= 4 is 22.5 Å². The first-order chi connectivity index (χ1) is 14.5. The summed E-state index contributed by atoms with van der Waals surface area (Å²) < 4.78 is 45.1. The fourth-order valence-corrected chi connectivity index (χ4v) is 3.86. The highest BCUT2D eigenvalue weighted by Crippen LogP contribution is 2.42. The molecule has 2 N–H and O–H groups in total. The number of carbonyl (C=O) groups excluding carboxylic acids is 1. The van der Waals surface area contributed by atoms with Crippen LogP contribution in [0.1, 0.15) is 43.1 Å². The van der Waals surface area contributed by atoms with Crippen LogP contribution in [0.15, 0.2) is 48.7 Å². The van der Waals surface area contributed by atoms with Crippen molar-refractivity contribution in [3.8, 4) is 5.75 Å². The average Bonchev–Trinajstić information content (AvgIpc) is 2.66. The number of ether oxygens (including phenoxy) is 1. The number of alkyl halides is 3. The first-order valence-electron chi connectivity index (χ1n) is 9.85. The van der Waals surface area contributed by atoms with Gasteiger partial charge in [0.15, 0.2) is 0 Å². The van der Waals surface area contributed by atoms with E-state index in [0.717, 1.165) is 28.6 Å². The summed E-state index contributed by atoms with van der Waals surface area (Å²) >= 11 is 0. The van der Waals surface area contributed by atoms with Gasteiger partial charge in [-0.15, -0.1) is 0 Å². The van der Waals surface area contributed by atoms with Crippen LogP contribution >= 0.6 is 0 Å². The fraction of sp³-hybridized carbons (Fsp3) is 0.304. The summed E-state index contributed by atoms with van der Waals surface area (Å²) in [6.07, 6.45) is -2.32. The quantitative estimate of drug-likeness (QED) is 0.526. The molecular weight excluding hydrogens is 407 g/mol. The molecule has 162 valence electrons. The number of rotatable bonds is 2. The molecule has 31 heavy (non-hydrogen) atoms. The van der Waals surface area contributed by atoms with Gasteiger partial charge in [-0.05, 0) is 45.0 Å². The number of nitrogens with one attached hydrogen (secondary N) is 2. The number of amides is 2. The van der Waals surface area contributed by atoms with Crippen LogP contribution in [0.25, 0.3) is 10.8 Å². The summed E-state index contributed by atoms with van der Waals surface area (Å²) in [6.45, 7) is 5.43. The molecule has 1 atom stereocenters. The monoisotopic (exact) mass is 429 g/mol. The Morgan fingerprint density at radius 1 is 1.19 bits per heavy atom. The molecule has 2 aromatic carbocycles. The molecule has 1 aliphatic rings. The first kappa shape index (κ1) is 21.0. The molecule has 1 aliphatic heterocycles. The lowest BCUT2D eigenvalue weighted by Crippen LogP contribution is -2.42. The molecule has 0 spiro atoms. The predicted octanol–water partition coefficient (Wildman–Crippen LogP) is 5.99. The van der Waals surface area contributed by atoms with Crippen molar-refractivity contribution < 1.29 is 22.7 Å². The molecule has 0 unspecified atom stereocenters. The van der Waals surface area contributed by atoms with Crippen LogP contribution in [0, 0.1) is 6.92 Å². The van der Waals surface area contributed by atoms with Crippen LogP contribution in [-0.2, 0) is 6.18 Å². The third-order valence-electron chi connectivity index (χ3n) is 5.25. The van der Waals surface area contributed by atoms with E-state index < -0.39 is 29.4 Å². The van der Waals surface area contributed by atoms with Gasteiger partial charge in [0.1, 0.15) is 11.4 Å². The van der Waals surface area contributed by atoms with Gasteiger partial charge in [-0.3, -0.25) is 4.98 Å². The number of nitrogens with zero attached hydrogens (tertiary/aromatic N) is 1. The van der Waals surface area contributed by atoms with Crippen LogP contribution in [0.2, 0.25) is 0 Å². The van der Waals surface area contributed by atoms with Gasteiger partial charge in [0.25, 0.3) is 0 Å². The van der Waals surface area contributed by atoms with Crippen LogP contribution in [0.5, 0.6) is 5.75 Å². The van der Waals surface area contributed by atoms with Crippen molar-refractivity contribution in [1.29, 1.82) is 0 Å². The van der Waals surface area contributed by atoms with E-state index in [-0.39, 0.29) is 5.75 Å². The van der Waals surface area contributed by atoms with E-state index in [1.54, 1.807) is 26.1 Å². The Morgan fingerprint density at radius 2 is 1.97 bits per heavy atom. The summed E-state index contributed by atoms with van der Waals surface area (Å²) in [7, 11) is 0. The van der Waals surface area contributed by atoms with E-state index in [4.69, 9.17) is 4.74 Å². The van der Waals surface area contributed by atoms with E-state index in [1.165, 1.54) is 6.07 Å². The Kier molecular flexibility index (Phi) is 5.03. The number of halogens is 3. The van der Waals surface area contributed by atoms with Gasteiger partial charge in [0.2, 0.25) is 0 Å². The van der Waals surface area contributed by atoms with Gasteiger partial charge in [-0.2, -0.15) is 13.2 Å². The topological polar surface area (TPSA) is 63.2 Å².